The molecule has 0 aromatic rings. The molecule has 2 N–H and O–H groups in total. The molecule has 0 saturated carbocycles. The maximum Gasteiger partial charge on any atom is 0.210 e. The van der Waals surface area contributed by atoms with Crippen LogP contribution in [0.15, 0.2) is 0 Å². The summed E-state index contributed by atoms with van der Waals surface area (Å²) in [6.45, 7) is 4.44. The van der Waals surface area contributed by atoms with Crippen LogP contribution in [0.1, 0.15) is 0 Å². The Morgan fingerprint density at radius 1 is 1.23 bits per heavy atom. The molecule has 0 spiro atoms. The summed E-state index contributed by atoms with van der Waals surface area (Å²) in [5.41, 5.74) is 0. The van der Waals surface area contributed by atoms with Crippen LogP contribution in [0.4, 0.5) is 0 Å². The lowest BCUT2D eigenvalue weighted by Crippen LogP contribution is -2.46. The lowest BCUT2D eigenvalue weighted by Gasteiger charge is -2.31. The van der Waals surface area contributed by atoms with Crippen molar-refractivity contribution in [2.24, 2.45) is 5.14 Å². The van der Waals surface area contributed by atoms with Crippen molar-refractivity contribution < 1.29 is 8.42 Å². The van der Waals surface area contributed by atoms with E-state index in [-0.39, 0.29) is 5.75 Å². The van der Waals surface area contributed by atoms with Crippen molar-refractivity contribution in [1.82, 2.24) is 9.80 Å². The van der Waals surface area contributed by atoms with E-state index in [2.05, 4.69) is 16.8 Å². The van der Waals surface area contributed by atoms with Gasteiger partial charge in [-0.25, -0.2) is 13.6 Å². The number of primary sulfonamides is 1. The van der Waals surface area contributed by atoms with Crippen LogP contribution in [-0.2, 0) is 10.0 Å². The average molecular weight is 207 g/mol. The van der Waals surface area contributed by atoms with E-state index in [1.165, 1.54) is 0 Å². The number of hydrogen-bond acceptors (Lipinski definition) is 4. The van der Waals surface area contributed by atoms with E-state index in [0.29, 0.717) is 6.54 Å². The SMILES string of the molecule is CN1CCN(CCS(N)(=O)=O)CC1. The topological polar surface area (TPSA) is 66.6 Å². The predicted octanol–water partition coefficient (Wildman–Crippen LogP) is -1.48. The summed E-state index contributed by atoms with van der Waals surface area (Å²) in [7, 11) is -1.23. The number of hydrogen-bond donors (Lipinski definition) is 1. The van der Waals surface area contributed by atoms with Gasteiger partial charge in [0.05, 0.1) is 5.75 Å². The monoisotopic (exact) mass is 207 g/mol. The largest absolute Gasteiger partial charge is 0.304 e. The Morgan fingerprint density at radius 3 is 2.23 bits per heavy atom. The molecule has 1 aliphatic rings. The highest BCUT2D eigenvalue weighted by molar-refractivity contribution is 7.89. The van der Waals surface area contributed by atoms with Crippen LogP contribution in [0.5, 0.6) is 0 Å². The van der Waals surface area contributed by atoms with Crippen molar-refractivity contribution in [3.8, 4) is 0 Å². The Bertz CT molecular complexity index is 244. The van der Waals surface area contributed by atoms with Gasteiger partial charge in [-0.15, -0.1) is 0 Å². The van der Waals surface area contributed by atoms with Crippen molar-refractivity contribution in [1.29, 1.82) is 0 Å². The molecule has 0 bridgehead atoms. The highest BCUT2D eigenvalue weighted by Gasteiger charge is 2.14. The van der Waals surface area contributed by atoms with Gasteiger partial charge in [-0.3, -0.25) is 4.90 Å². The molecule has 0 aromatic carbocycles. The standard InChI is InChI=1S/C7H17N3O2S/c1-9-2-4-10(5-3-9)6-7-13(8,11)12/h2-7H2,1H3,(H2,8,11,12). The first-order valence-corrected chi connectivity index (χ1v) is 6.10. The molecular weight excluding hydrogens is 190 g/mol. The molecule has 0 unspecified atom stereocenters. The zero-order valence-corrected chi connectivity index (χ0v) is 8.76. The molecule has 6 heteroatoms. The Balaban J connectivity index is 2.24. The van der Waals surface area contributed by atoms with Gasteiger partial charge in [-0.2, -0.15) is 0 Å². The number of nitrogens with zero attached hydrogens (tertiary/aromatic N) is 2. The molecule has 0 aliphatic carbocycles. The Hall–Kier alpha value is -0.170. The second kappa shape index (κ2) is 4.36. The Kier molecular flexibility index (Phi) is 3.66. The Morgan fingerprint density at radius 2 is 1.77 bits per heavy atom. The van der Waals surface area contributed by atoms with Gasteiger partial charge < -0.3 is 4.90 Å². The van der Waals surface area contributed by atoms with Crippen LogP contribution < -0.4 is 5.14 Å². The predicted molar refractivity (Wildman–Crippen MR) is 51.9 cm³/mol. The van der Waals surface area contributed by atoms with Gasteiger partial charge in [0.1, 0.15) is 0 Å². The first-order valence-electron chi connectivity index (χ1n) is 4.39. The number of nitrogens with two attached hydrogens (primary N) is 1. The molecule has 1 fully saturated rings. The van der Waals surface area contributed by atoms with E-state index in [4.69, 9.17) is 5.14 Å². The summed E-state index contributed by atoms with van der Waals surface area (Å²) in [6.07, 6.45) is 0. The van der Waals surface area contributed by atoms with Crippen LogP contribution in [0.3, 0.4) is 0 Å². The second-order valence-corrected chi connectivity index (χ2v) is 5.25. The molecule has 0 atom stereocenters. The van der Waals surface area contributed by atoms with Crippen molar-refractivity contribution in [3.05, 3.63) is 0 Å². The molecule has 13 heavy (non-hydrogen) atoms. The summed E-state index contributed by atoms with van der Waals surface area (Å²) in [6, 6.07) is 0. The first kappa shape index (κ1) is 10.9. The minimum absolute atomic E-state index is 0.0662. The van der Waals surface area contributed by atoms with Crippen LogP contribution in [0.2, 0.25) is 0 Å². The third-order valence-corrected chi connectivity index (χ3v) is 3.04. The zero-order valence-electron chi connectivity index (χ0n) is 7.94. The minimum Gasteiger partial charge on any atom is -0.304 e. The molecule has 0 aromatic heterocycles. The van der Waals surface area contributed by atoms with Gasteiger partial charge in [0.2, 0.25) is 10.0 Å². The van der Waals surface area contributed by atoms with Crippen molar-refractivity contribution in [3.63, 3.8) is 0 Å². The van der Waals surface area contributed by atoms with E-state index < -0.39 is 10.0 Å². The zero-order chi connectivity index (χ0) is 9.90. The van der Waals surface area contributed by atoms with Crippen molar-refractivity contribution in [2.75, 3.05) is 45.5 Å². The molecule has 5 nitrogen and oxygen atoms in total. The van der Waals surface area contributed by atoms with Crippen LogP contribution in [0.25, 0.3) is 0 Å². The van der Waals surface area contributed by atoms with Crippen LogP contribution in [-0.4, -0.2) is 63.7 Å². The fourth-order valence-electron chi connectivity index (χ4n) is 1.33. The molecule has 1 heterocycles. The summed E-state index contributed by atoms with van der Waals surface area (Å²) in [5.74, 6) is 0.0662. The van der Waals surface area contributed by atoms with E-state index in [9.17, 15) is 8.42 Å². The van der Waals surface area contributed by atoms with Crippen molar-refractivity contribution in [2.45, 2.75) is 0 Å². The van der Waals surface area contributed by atoms with E-state index in [1.54, 1.807) is 0 Å². The summed E-state index contributed by atoms with van der Waals surface area (Å²) in [4.78, 5) is 4.36. The fraction of sp³-hybridized carbons (Fsp3) is 1.00. The summed E-state index contributed by atoms with van der Waals surface area (Å²) >= 11 is 0. The third-order valence-electron chi connectivity index (χ3n) is 2.29. The van der Waals surface area contributed by atoms with E-state index in [1.807, 2.05) is 0 Å². The maximum absolute atomic E-state index is 10.7. The quantitative estimate of drug-likeness (QED) is 0.613. The van der Waals surface area contributed by atoms with E-state index in [0.717, 1.165) is 26.2 Å². The second-order valence-electron chi connectivity index (χ2n) is 3.51. The van der Waals surface area contributed by atoms with Gasteiger partial charge in [0.15, 0.2) is 0 Å². The highest BCUT2D eigenvalue weighted by atomic mass is 32.2. The average Bonchev–Trinajstić information content (AvgIpc) is 2.02. The molecule has 0 amide bonds. The number of likely N-dealkylation sites (N-methyl/N-ethyl adjacent to an activating group) is 1. The molecule has 1 rings (SSSR count). The van der Waals surface area contributed by atoms with Crippen molar-refractivity contribution >= 4 is 10.0 Å². The molecule has 78 valence electrons. The number of rotatable bonds is 3. The highest BCUT2D eigenvalue weighted by Crippen LogP contribution is 1.98. The minimum atomic E-state index is -3.29. The molecular formula is C7H17N3O2S. The van der Waals surface area contributed by atoms with Gasteiger partial charge >= 0.3 is 0 Å². The lowest BCUT2D eigenvalue weighted by atomic mass is 10.3. The Labute approximate surface area is 79.5 Å². The molecule has 1 aliphatic heterocycles. The smallest absolute Gasteiger partial charge is 0.210 e. The van der Waals surface area contributed by atoms with Gasteiger partial charge in [-0.1, -0.05) is 0 Å². The summed E-state index contributed by atoms with van der Waals surface area (Å²) in [5, 5.41) is 4.92. The van der Waals surface area contributed by atoms with Gasteiger partial charge in [-0.05, 0) is 7.05 Å². The molecule has 0 radical (unpaired) electrons. The van der Waals surface area contributed by atoms with Gasteiger partial charge in [0, 0.05) is 32.7 Å². The van der Waals surface area contributed by atoms with E-state index >= 15 is 0 Å². The first-order chi connectivity index (χ1) is 5.97. The maximum atomic E-state index is 10.7. The number of sulfonamides is 1. The van der Waals surface area contributed by atoms with Gasteiger partial charge in [0.25, 0.3) is 0 Å². The molecule has 1 saturated heterocycles. The van der Waals surface area contributed by atoms with Crippen LogP contribution >= 0.6 is 0 Å². The summed E-state index contributed by atoms with van der Waals surface area (Å²) < 4.78 is 21.4. The normalized spacial score (nSPS) is 22.0. The van der Waals surface area contributed by atoms with Crippen LogP contribution in [0, 0.1) is 0 Å². The third kappa shape index (κ3) is 4.56. The fourth-order valence-corrected chi connectivity index (χ4v) is 1.84. The number of piperazine rings is 1. The lowest BCUT2D eigenvalue weighted by molar-refractivity contribution is 0.161.